The van der Waals surface area contributed by atoms with E-state index < -0.39 is 0 Å². The zero-order valence-electron chi connectivity index (χ0n) is 13.6. The molecular formula is C19H21N3O2. The number of rotatable bonds is 5. The molecule has 1 aliphatic heterocycles. The van der Waals surface area contributed by atoms with Gasteiger partial charge in [0.15, 0.2) is 0 Å². The zero-order chi connectivity index (χ0) is 16.9. The van der Waals surface area contributed by atoms with E-state index in [1.165, 1.54) is 0 Å². The standard InChI is InChI=1S/C19H21N3O2/c1-13(15-11-20-12-15)18(23)21-16-8-5-9-17(10-16)22-19(24)14-6-3-2-4-7-14/h2-10,13,15,20H,11-12H2,1H3,(H,21,23)(H,22,24). The van der Waals surface area contributed by atoms with Crippen LogP contribution in [0, 0.1) is 11.8 Å². The summed E-state index contributed by atoms with van der Waals surface area (Å²) in [6.07, 6.45) is 0. The normalized spacial score (nSPS) is 15.2. The van der Waals surface area contributed by atoms with Gasteiger partial charge in [-0.25, -0.2) is 0 Å². The van der Waals surface area contributed by atoms with Gasteiger partial charge in [-0.1, -0.05) is 31.2 Å². The number of carbonyl (C=O) groups is 2. The van der Waals surface area contributed by atoms with Gasteiger partial charge in [0.25, 0.3) is 5.91 Å². The fourth-order valence-corrected chi connectivity index (χ4v) is 2.60. The number of amides is 2. The van der Waals surface area contributed by atoms with E-state index in [0.29, 0.717) is 22.9 Å². The molecule has 5 heteroatoms. The predicted molar refractivity (Wildman–Crippen MR) is 95.0 cm³/mol. The van der Waals surface area contributed by atoms with E-state index in [2.05, 4.69) is 16.0 Å². The van der Waals surface area contributed by atoms with E-state index in [-0.39, 0.29) is 17.7 Å². The lowest BCUT2D eigenvalue weighted by atomic mass is 9.88. The van der Waals surface area contributed by atoms with E-state index >= 15 is 0 Å². The Bertz CT molecular complexity index is 726. The molecule has 5 nitrogen and oxygen atoms in total. The second-order valence-electron chi connectivity index (χ2n) is 6.10. The maximum absolute atomic E-state index is 12.3. The lowest BCUT2D eigenvalue weighted by Gasteiger charge is -2.31. The van der Waals surface area contributed by atoms with Crippen molar-refractivity contribution < 1.29 is 9.59 Å². The summed E-state index contributed by atoms with van der Waals surface area (Å²) in [6, 6.07) is 16.2. The molecule has 3 rings (SSSR count). The van der Waals surface area contributed by atoms with Crippen LogP contribution in [0.15, 0.2) is 54.6 Å². The number of benzene rings is 2. The van der Waals surface area contributed by atoms with Crippen molar-refractivity contribution in [3.8, 4) is 0 Å². The van der Waals surface area contributed by atoms with Crippen molar-refractivity contribution in [2.45, 2.75) is 6.92 Å². The van der Waals surface area contributed by atoms with E-state index in [1.807, 2.05) is 37.3 Å². The third-order valence-electron chi connectivity index (χ3n) is 4.36. The molecule has 1 aliphatic rings. The Morgan fingerprint density at radius 2 is 1.67 bits per heavy atom. The highest BCUT2D eigenvalue weighted by Gasteiger charge is 2.28. The third kappa shape index (κ3) is 3.81. The van der Waals surface area contributed by atoms with Gasteiger partial charge >= 0.3 is 0 Å². The molecular weight excluding hydrogens is 302 g/mol. The van der Waals surface area contributed by atoms with Gasteiger partial charge < -0.3 is 16.0 Å². The fourth-order valence-electron chi connectivity index (χ4n) is 2.60. The third-order valence-corrected chi connectivity index (χ3v) is 4.36. The zero-order valence-corrected chi connectivity index (χ0v) is 13.6. The molecule has 0 saturated carbocycles. The first-order chi connectivity index (χ1) is 11.6. The number of carbonyl (C=O) groups excluding carboxylic acids is 2. The number of hydrogen-bond acceptors (Lipinski definition) is 3. The summed E-state index contributed by atoms with van der Waals surface area (Å²) < 4.78 is 0. The van der Waals surface area contributed by atoms with Crippen LogP contribution in [0.3, 0.4) is 0 Å². The largest absolute Gasteiger partial charge is 0.326 e. The molecule has 0 aromatic heterocycles. The first-order valence-corrected chi connectivity index (χ1v) is 8.11. The predicted octanol–water partition coefficient (Wildman–Crippen LogP) is 2.73. The van der Waals surface area contributed by atoms with Gasteiger partial charge in [-0.15, -0.1) is 0 Å². The summed E-state index contributed by atoms with van der Waals surface area (Å²) in [4.78, 5) is 24.5. The molecule has 1 fully saturated rings. The molecule has 124 valence electrons. The maximum atomic E-state index is 12.3. The molecule has 2 aromatic carbocycles. The molecule has 24 heavy (non-hydrogen) atoms. The molecule has 2 aromatic rings. The van der Waals surface area contributed by atoms with Crippen LogP contribution in [0.25, 0.3) is 0 Å². The van der Waals surface area contributed by atoms with Crippen LogP contribution in [0.1, 0.15) is 17.3 Å². The highest BCUT2D eigenvalue weighted by molar-refractivity contribution is 6.04. The Labute approximate surface area is 141 Å². The lowest BCUT2D eigenvalue weighted by Crippen LogP contribution is -2.48. The van der Waals surface area contributed by atoms with Crippen LogP contribution in [0.5, 0.6) is 0 Å². The Kier molecular flexibility index (Phi) is 4.91. The van der Waals surface area contributed by atoms with Crippen molar-refractivity contribution >= 4 is 23.2 Å². The van der Waals surface area contributed by atoms with Crippen LogP contribution >= 0.6 is 0 Å². The summed E-state index contributed by atoms with van der Waals surface area (Å²) in [5.74, 6) is 0.195. The Balaban J connectivity index is 1.63. The molecule has 0 spiro atoms. The Morgan fingerprint density at radius 3 is 2.29 bits per heavy atom. The van der Waals surface area contributed by atoms with Crippen LogP contribution in [0.2, 0.25) is 0 Å². The van der Waals surface area contributed by atoms with Gasteiger partial charge in [-0.2, -0.15) is 0 Å². The van der Waals surface area contributed by atoms with Gasteiger partial charge in [0.2, 0.25) is 5.91 Å². The van der Waals surface area contributed by atoms with Crippen LogP contribution in [-0.2, 0) is 4.79 Å². The molecule has 1 atom stereocenters. The summed E-state index contributed by atoms with van der Waals surface area (Å²) in [5, 5.41) is 8.95. The molecule has 0 radical (unpaired) electrons. The molecule has 0 aliphatic carbocycles. The van der Waals surface area contributed by atoms with Crippen LogP contribution < -0.4 is 16.0 Å². The lowest BCUT2D eigenvalue weighted by molar-refractivity contribution is -0.121. The quantitative estimate of drug-likeness (QED) is 0.792. The highest BCUT2D eigenvalue weighted by Crippen LogP contribution is 2.20. The number of hydrogen-bond donors (Lipinski definition) is 3. The molecule has 2 amide bonds. The van der Waals surface area contributed by atoms with E-state index in [1.54, 1.807) is 24.3 Å². The van der Waals surface area contributed by atoms with Gasteiger partial charge in [-0.05, 0) is 49.3 Å². The van der Waals surface area contributed by atoms with Gasteiger partial charge in [0.05, 0.1) is 0 Å². The van der Waals surface area contributed by atoms with Crippen molar-refractivity contribution in [2.24, 2.45) is 11.8 Å². The second-order valence-corrected chi connectivity index (χ2v) is 6.10. The molecule has 1 unspecified atom stereocenters. The molecule has 3 N–H and O–H groups in total. The minimum absolute atomic E-state index is 0.00744. The SMILES string of the molecule is CC(C(=O)Nc1cccc(NC(=O)c2ccccc2)c1)C1CNC1. The van der Waals surface area contributed by atoms with E-state index in [9.17, 15) is 9.59 Å². The summed E-state index contributed by atoms with van der Waals surface area (Å²) in [5.41, 5.74) is 1.93. The average Bonchev–Trinajstić information content (AvgIpc) is 2.54. The van der Waals surface area contributed by atoms with Crippen molar-refractivity contribution in [1.82, 2.24) is 5.32 Å². The molecule has 1 saturated heterocycles. The average molecular weight is 323 g/mol. The Hall–Kier alpha value is -2.66. The fraction of sp³-hybridized carbons (Fsp3) is 0.263. The number of nitrogens with one attached hydrogen (secondary N) is 3. The first-order valence-electron chi connectivity index (χ1n) is 8.11. The first kappa shape index (κ1) is 16.2. The van der Waals surface area contributed by atoms with Crippen LogP contribution in [-0.4, -0.2) is 24.9 Å². The molecule has 1 heterocycles. The van der Waals surface area contributed by atoms with E-state index in [4.69, 9.17) is 0 Å². The summed E-state index contributed by atoms with van der Waals surface area (Å²) >= 11 is 0. The Morgan fingerprint density at radius 1 is 1.00 bits per heavy atom. The van der Waals surface area contributed by atoms with Crippen LogP contribution in [0.4, 0.5) is 11.4 Å². The highest BCUT2D eigenvalue weighted by atomic mass is 16.2. The van der Waals surface area contributed by atoms with Gasteiger partial charge in [0.1, 0.15) is 0 Å². The summed E-state index contributed by atoms with van der Waals surface area (Å²) in [6.45, 7) is 3.73. The maximum Gasteiger partial charge on any atom is 0.255 e. The van der Waals surface area contributed by atoms with Gasteiger partial charge in [0, 0.05) is 22.9 Å². The van der Waals surface area contributed by atoms with E-state index in [0.717, 1.165) is 13.1 Å². The monoisotopic (exact) mass is 323 g/mol. The molecule has 0 bridgehead atoms. The van der Waals surface area contributed by atoms with Crippen molar-refractivity contribution in [2.75, 3.05) is 23.7 Å². The van der Waals surface area contributed by atoms with Gasteiger partial charge in [-0.3, -0.25) is 9.59 Å². The second kappa shape index (κ2) is 7.27. The smallest absolute Gasteiger partial charge is 0.255 e. The topological polar surface area (TPSA) is 70.2 Å². The van der Waals surface area contributed by atoms with Crippen molar-refractivity contribution in [3.63, 3.8) is 0 Å². The minimum atomic E-state index is -0.173. The van der Waals surface area contributed by atoms with Crippen molar-refractivity contribution in [1.29, 1.82) is 0 Å². The number of anilines is 2. The van der Waals surface area contributed by atoms with Crippen molar-refractivity contribution in [3.05, 3.63) is 60.2 Å². The minimum Gasteiger partial charge on any atom is -0.326 e. The summed E-state index contributed by atoms with van der Waals surface area (Å²) in [7, 11) is 0.